The highest BCUT2D eigenvalue weighted by molar-refractivity contribution is 9.10. The molecule has 1 aliphatic carbocycles. The lowest BCUT2D eigenvalue weighted by molar-refractivity contribution is -0.141. The van der Waals surface area contributed by atoms with Gasteiger partial charge in [-0.1, -0.05) is 0 Å². The molecule has 120 valence electrons. The van der Waals surface area contributed by atoms with Crippen LogP contribution in [0.3, 0.4) is 0 Å². The molecule has 2 atom stereocenters. The number of carbonyl (C=O) groups is 1. The van der Waals surface area contributed by atoms with Crippen molar-refractivity contribution in [3.63, 3.8) is 0 Å². The lowest BCUT2D eigenvalue weighted by atomic mass is 10.00. The van der Waals surface area contributed by atoms with E-state index in [1.54, 1.807) is 7.11 Å². The Morgan fingerprint density at radius 3 is 2.82 bits per heavy atom. The minimum absolute atomic E-state index is 0.0339. The molecule has 2 fully saturated rings. The van der Waals surface area contributed by atoms with Gasteiger partial charge in [0.1, 0.15) is 0 Å². The van der Waals surface area contributed by atoms with Gasteiger partial charge in [0, 0.05) is 12.6 Å². The van der Waals surface area contributed by atoms with Crippen molar-refractivity contribution in [2.75, 3.05) is 20.3 Å². The minimum atomic E-state index is -0.743. The van der Waals surface area contributed by atoms with Gasteiger partial charge < -0.3 is 19.9 Å². The van der Waals surface area contributed by atoms with Gasteiger partial charge in [0.2, 0.25) is 0 Å². The molecule has 1 aromatic rings. The smallest absolute Gasteiger partial charge is 0.307 e. The molecule has 2 aliphatic rings. The Balaban J connectivity index is 1.80. The van der Waals surface area contributed by atoms with Crippen LogP contribution in [0.1, 0.15) is 30.9 Å². The highest BCUT2D eigenvalue weighted by Crippen LogP contribution is 2.41. The van der Waals surface area contributed by atoms with E-state index in [0.29, 0.717) is 31.2 Å². The summed E-state index contributed by atoms with van der Waals surface area (Å²) < 4.78 is 12.2. The number of aliphatic carboxylic acids is 1. The number of carboxylic acid groups (broad SMARTS) is 1. The molecule has 0 amide bonds. The number of methoxy groups -OCH3 is 1. The van der Waals surface area contributed by atoms with Crippen molar-refractivity contribution in [1.29, 1.82) is 0 Å². The molecule has 5 nitrogen and oxygen atoms in total. The van der Waals surface area contributed by atoms with Crippen LogP contribution < -0.4 is 14.8 Å². The van der Waals surface area contributed by atoms with Gasteiger partial charge in [0.05, 0.1) is 24.1 Å². The number of rotatable bonds is 6. The van der Waals surface area contributed by atoms with Crippen LogP contribution in [-0.2, 0) is 4.79 Å². The number of benzene rings is 1. The zero-order valence-electron chi connectivity index (χ0n) is 12.5. The molecule has 0 radical (unpaired) electrons. The van der Waals surface area contributed by atoms with Crippen molar-refractivity contribution in [1.82, 2.24) is 5.32 Å². The highest BCUT2D eigenvalue weighted by atomic mass is 79.9. The summed E-state index contributed by atoms with van der Waals surface area (Å²) in [4.78, 5) is 11.1. The maximum absolute atomic E-state index is 11.1. The average molecular weight is 370 g/mol. The molecular formula is C16H20BrNO4. The van der Waals surface area contributed by atoms with Crippen LogP contribution in [0.15, 0.2) is 16.6 Å². The third-order valence-corrected chi connectivity index (χ3v) is 4.88. The third kappa shape index (κ3) is 3.38. The van der Waals surface area contributed by atoms with E-state index in [2.05, 4.69) is 21.2 Å². The predicted molar refractivity (Wildman–Crippen MR) is 85.4 cm³/mol. The number of hydrogen-bond acceptors (Lipinski definition) is 4. The van der Waals surface area contributed by atoms with E-state index in [1.165, 1.54) is 12.8 Å². The molecule has 3 rings (SSSR count). The van der Waals surface area contributed by atoms with Gasteiger partial charge in [-0.15, -0.1) is 0 Å². The molecule has 0 spiro atoms. The Kier molecular flexibility index (Phi) is 4.59. The fourth-order valence-corrected chi connectivity index (χ4v) is 3.39. The first kappa shape index (κ1) is 15.6. The van der Waals surface area contributed by atoms with E-state index in [9.17, 15) is 4.79 Å². The van der Waals surface area contributed by atoms with Crippen molar-refractivity contribution < 1.29 is 19.4 Å². The van der Waals surface area contributed by atoms with Gasteiger partial charge in [-0.05, 0) is 58.8 Å². The molecular weight excluding hydrogens is 350 g/mol. The Hall–Kier alpha value is -1.27. The fraction of sp³-hybridized carbons (Fsp3) is 0.562. The van der Waals surface area contributed by atoms with E-state index in [-0.39, 0.29) is 12.0 Å². The SMILES string of the molecule is COc1c(Br)cc(C2CC(C(=O)O)CN2)cc1OCC1CC1. The first-order valence-corrected chi connectivity index (χ1v) is 8.34. The highest BCUT2D eigenvalue weighted by Gasteiger charge is 2.31. The van der Waals surface area contributed by atoms with Gasteiger partial charge in [0.25, 0.3) is 0 Å². The molecule has 2 N–H and O–H groups in total. The molecule has 6 heteroatoms. The lowest BCUT2D eigenvalue weighted by Crippen LogP contribution is -2.17. The Morgan fingerprint density at radius 2 is 2.23 bits per heavy atom. The second-order valence-electron chi connectivity index (χ2n) is 6.02. The van der Waals surface area contributed by atoms with Crippen molar-refractivity contribution in [3.05, 3.63) is 22.2 Å². The predicted octanol–water partition coefficient (Wildman–Crippen LogP) is 2.98. The Bertz CT molecular complexity index is 574. The molecule has 1 saturated heterocycles. The van der Waals surface area contributed by atoms with E-state index < -0.39 is 5.97 Å². The molecule has 0 aromatic heterocycles. The maximum Gasteiger partial charge on any atom is 0.307 e. The summed E-state index contributed by atoms with van der Waals surface area (Å²) in [5.74, 6) is 0.999. The first-order chi connectivity index (χ1) is 10.6. The second-order valence-corrected chi connectivity index (χ2v) is 6.87. The summed E-state index contributed by atoms with van der Waals surface area (Å²) in [7, 11) is 1.62. The van der Waals surface area contributed by atoms with Crippen molar-refractivity contribution in [3.8, 4) is 11.5 Å². The second kappa shape index (κ2) is 6.46. The van der Waals surface area contributed by atoms with Gasteiger partial charge in [-0.2, -0.15) is 0 Å². The zero-order valence-corrected chi connectivity index (χ0v) is 14.1. The first-order valence-electron chi connectivity index (χ1n) is 7.55. The van der Waals surface area contributed by atoms with Crippen LogP contribution in [-0.4, -0.2) is 31.3 Å². The minimum Gasteiger partial charge on any atom is -0.492 e. The van der Waals surface area contributed by atoms with Crippen molar-refractivity contribution in [2.24, 2.45) is 11.8 Å². The Labute approximate surface area is 138 Å². The van der Waals surface area contributed by atoms with Crippen LogP contribution in [0.2, 0.25) is 0 Å². The maximum atomic E-state index is 11.1. The molecule has 22 heavy (non-hydrogen) atoms. The number of hydrogen-bond donors (Lipinski definition) is 2. The van der Waals surface area contributed by atoms with E-state index in [4.69, 9.17) is 14.6 Å². The average Bonchev–Trinajstić information content (AvgIpc) is 3.18. The van der Waals surface area contributed by atoms with E-state index in [1.807, 2.05) is 12.1 Å². The van der Waals surface area contributed by atoms with Crippen LogP contribution in [0.25, 0.3) is 0 Å². The number of halogens is 1. The summed E-state index contributed by atoms with van der Waals surface area (Å²) in [5, 5.41) is 12.4. The number of ether oxygens (including phenoxy) is 2. The summed E-state index contributed by atoms with van der Waals surface area (Å²) in [5.41, 5.74) is 1.03. The van der Waals surface area contributed by atoms with Gasteiger partial charge >= 0.3 is 5.97 Å². The molecule has 2 unspecified atom stereocenters. The molecule has 1 saturated carbocycles. The van der Waals surface area contributed by atoms with Crippen molar-refractivity contribution in [2.45, 2.75) is 25.3 Å². The fourth-order valence-electron chi connectivity index (χ4n) is 2.76. The number of nitrogens with one attached hydrogen (secondary N) is 1. The van der Waals surface area contributed by atoms with Crippen LogP contribution in [0.5, 0.6) is 11.5 Å². The third-order valence-electron chi connectivity index (χ3n) is 4.29. The van der Waals surface area contributed by atoms with E-state index in [0.717, 1.165) is 15.8 Å². The molecule has 1 heterocycles. The topological polar surface area (TPSA) is 67.8 Å². The van der Waals surface area contributed by atoms with Crippen molar-refractivity contribution >= 4 is 21.9 Å². The summed E-state index contributed by atoms with van der Waals surface area (Å²) >= 11 is 3.52. The Morgan fingerprint density at radius 1 is 1.45 bits per heavy atom. The molecule has 0 bridgehead atoms. The monoisotopic (exact) mass is 369 g/mol. The molecule has 1 aromatic carbocycles. The standard InChI is InChI=1S/C16H20BrNO4/c1-21-15-12(17)4-10(6-14(15)22-8-9-2-3-9)13-5-11(7-18-13)16(19)20/h4,6,9,11,13,18H,2-3,5,7-8H2,1H3,(H,19,20). The molecule has 1 aliphatic heterocycles. The van der Waals surface area contributed by atoms with Gasteiger partial charge in [-0.3, -0.25) is 4.79 Å². The normalized spacial score (nSPS) is 24.3. The lowest BCUT2D eigenvalue weighted by Gasteiger charge is -2.17. The van der Waals surface area contributed by atoms with Gasteiger partial charge in [-0.25, -0.2) is 0 Å². The summed E-state index contributed by atoms with van der Waals surface area (Å²) in [6.07, 6.45) is 3.05. The zero-order chi connectivity index (χ0) is 15.7. The van der Waals surface area contributed by atoms with Crippen LogP contribution in [0, 0.1) is 11.8 Å². The summed E-state index contributed by atoms with van der Waals surface area (Å²) in [6.45, 7) is 1.21. The van der Waals surface area contributed by atoms with E-state index >= 15 is 0 Å². The van der Waals surface area contributed by atoms with Gasteiger partial charge in [0.15, 0.2) is 11.5 Å². The van der Waals surface area contributed by atoms with Crippen LogP contribution in [0.4, 0.5) is 0 Å². The largest absolute Gasteiger partial charge is 0.492 e. The van der Waals surface area contributed by atoms with Crippen LogP contribution >= 0.6 is 15.9 Å². The number of carboxylic acids is 1. The summed E-state index contributed by atoms with van der Waals surface area (Å²) in [6, 6.07) is 3.98. The quantitative estimate of drug-likeness (QED) is 0.806.